The van der Waals surface area contributed by atoms with Gasteiger partial charge >= 0.3 is 11.4 Å². The molecule has 0 spiro atoms. The lowest BCUT2D eigenvalue weighted by Crippen LogP contribution is -2.50. The van der Waals surface area contributed by atoms with Crippen molar-refractivity contribution in [2.75, 3.05) is 32.1 Å². The van der Waals surface area contributed by atoms with Crippen LogP contribution in [0.3, 0.4) is 0 Å². The number of methoxy groups -OCH3 is 1. The van der Waals surface area contributed by atoms with Crippen molar-refractivity contribution in [1.29, 1.82) is 5.26 Å². The minimum absolute atomic E-state index is 0.0199. The number of anilines is 1. The highest BCUT2D eigenvalue weighted by Crippen LogP contribution is 2.46. The van der Waals surface area contributed by atoms with Crippen LogP contribution >= 0.6 is 46.6 Å². The second kappa shape index (κ2) is 14.8. The van der Waals surface area contributed by atoms with Gasteiger partial charge in [0.1, 0.15) is 5.69 Å². The zero-order chi connectivity index (χ0) is 35.8. The van der Waals surface area contributed by atoms with Crippen LogP contribution < -0.4 is 15.2 Å². The van der Waals surface area contributed by atoms with Crippen molar-refractivity contribution in [2.24, 2.45) is 0 Å². The summed E-state index contributed by atoms with van der Waals surface area (Å²) in [5.41, 5.74) is 0.463. The average Bonchev–Trinajstić information content (AvgIpc) is 3.84. The van der Waals surface area contributed by atoms with E-state index in [0.717, 1.165) is 49.2 Å². The lowest BCUT2D eigenvalue weighted by molar-refractivity contribution is 0.0891. The summed E-state index contributed by atoms with van der Waals surface area (Å²) in [5, 5.41) is 5.87. The Morgan fingerprint density at radius 2 is 1.92 bits per heavy atom. The van der Waals surface area contributed by atoms with Crippen molar-refractivity contribution in [1.82, 2.24) is 14.8 Å². The van der Waals surface area contributed by atoms with Crippen LogP contribution in [0.4, 0.5) is 23.7 Å². The molecule has 3 aromatic rings. The highest BCUT2D eigenvalue weighted by atomic mass is 35.5. The van der Waals surface area contributed by atoms with Crippen molar-refractivity contribution < 1.29 is 27.5 Å². The minimum atomic E-state index is -3.78. The normalized spacial score (nSPS) is 17.7. The van der Waals surface area contributed by atoms with Gasteiger partial charge < -0.3 is 14.6 Å². The second-order valence-electron chi connectivity index (χ2n) is 11.8. The Morgan fingerprint density at radius 3 is 2.53 bits per heavy atom. The third kappa shape index (κ3) is 7.54. The SMILES string of the molecule is COc1c(N2CCCN(C3CC3)C2=O)cc2c(c1F)C(CC#N)N(C)C2.Cc1ccc(Cl)c(Sc2cc(C(F)(F)Cl)[nH]c(=O)c2C=O)c1Cl. The Balaban J connectivity index is 0.000000193. The summed E-state index contributed by atoms with van der Waals surface area (Å²) in [6, 6.07) is 8.20. The Kier molecular flexibility index (Phi) is 11.2. The fraction of sp³-hybridized carbons (Fsp3) is 0.394. The molecule has 1 aromatic heterocycles. The lowest BCUT2D eigenvalue weighted by Gasteiger charge is -2.36. The average molecular weight is 757 g/mol. The number of carbonyl (C=O) groups is 2. The number of amides is 2. The number of nitrogens with one attached hydrogen (secondary N) is 1. The van der Waals surface area contributed by atoms with E-state index in [1.807, 2.05) is 27.9 Å². The molecule has 3 heterocycles. The van der Waals surface area contributed by atoms with Crippen molar-refractivity contribution in [3.05, 3.63) is 78.4 Å². The molecule has 2 amide bonds. The molecule has 0 bridgehead atoms. The van der Waals surface area contributed by atoms with Crippen LogP contribution in [0.2, 0.25) is 10.0 Å². The first-order chi connectivity index (χ1) is 23.2. The molecular formula is C33H31Cl3F3N5O4S. The first-order valence-corrected chi connectivity index (χ1v) is 17.1. The molecule has 1 unspecified atom stereocenters. The number of aromatic nitrogens is 1. The fourth-order valence-electron chi connectivity index (χ4n) is 5.94. The van der Waals surface area contributed by atoms with E-state index in [9.17, 15) is 23.2 Å². The Morgan fingerprint density at radius 1 is 1.20 bits per heavy atom. The molecule has 1 aliphatic carbocycles. The number of H-pyrrole nitrogens is 1. The molecule has 1 saturated carbocycles. The third-order valence-corrected chi connectivity index (χ3v) is 11.0. The van der Waals surface area contributed by atoms with Crippen LogP contribution in [0.1, 0.15) is 64.5 Å². The van der Waals surface area contributed by atoms with Gasteiger partial charge in [-0.3, -0.25) is 19.4 Å². The first-order valence-electron chi connectivity index (χ1n) is 15.2. The zero-order valence-corrected chi connectivity index (χ0v) is 29.7. The second-order valence-corrected chi connectivity index (χ2v) is 14.1. The van der Waals surface area contributed by atoms with Crippen molar-refractivity contribution >= 4 is 64.6 Å². The summed E-state index contributed by atoms with van der Waals surface area (Å²) in [6.45, 7) is 3.63. The van der Waals surface area contributed by atoms with Gasteiger partial charge in [0.2, 0.25) is 0 Å². The van der Waals surface area contributed by atoms with Gasteiger partial charge in [0.25, 0.3) is 5.56 Å². The number of aryl methyl sites for hydroxylation is 1. The van der Waals surface area contributed by atoms with Gasteiger partial charge in [0, 0.05) is 41.0 Å². The molecular weight excluding hydrogens is 726 g/mol. The van der Waals surface area contributed by atoms with Gasteiger partial charge in [-0.05, 0) is 74.2 Å². The summed E-state index contributed by atoms with van der Waals surface area (Å²) < 4.78 is 47.2. The van der Waals surface area contributed by atoms with E-state index in [1.54, 1.807) is 24.0 Å². The third-order valence-electron chi connectivity index (χ3n) is 8.55. The highest BCUT2D eigenvalue weighted by molar-refractivity contribution is 7.99. The molecule has 2 fully saturated rings. The molecule has 9 nitrogen and oxygen atoms in total. The fourth-order valence-corrected chi connectivity index (χ4v) is 7.70. The van der Waals surface area contributed by atoms with Crippen LogP contribution in [0.25, 0.3) is 0 Å². The number of aromatic amines is 1. The first kappa shape index (κ1) is 36.9. The molecule has 1 atom stereocenters. The van der Waals surface area contributed by atoms with Gasteiger partial charge in [0.05, 0.1) is 46.9 Å². The number of carbonyl (C=O) groups excluding carboxylic acids is 2. The number of ether oxygens (including phenoxy) is 1. The number of fused-ring (bicyclic) bond motifs is 1. The zero-order valence-electron chi connectivity index (χ0n) is 26.6. The predicted octanol–water partition coefficient (Wildman–Crippen LogP) is 8.27. The van der Waals surface area contributed by atoms with E-state index < -0.39 is 22.5 Å². The number of nitriles is 1. The van der Waals surface area contributed by atoms with Gasteiger partial charge in [-0.2, -0.15) is 14.0 Å². The molecule has 1 saturated heterocycles. The number of pyridine rings is 1. The van der Waals surface area contributed by atoms with Crippen LogP contribution in [0.15, 0.2) is 38.9 Å². The van der Waals surface area contributed by atoms with Crippen molar-refractivity contribution in [3.8, 4) is 11.8 Å². The van der Waals surface area contributed by atoms with Crippen LogP contribution in [-0.2, 0) is 11.9 Å². The number of aldehydes is 1. The number of halogens is 6. The van der Waals surface area contributed by atoms with Gasteiger partial charge in [-0.15, -0.1) is 0 Å². The Bertz CT molecular complexity index is 1900. The molecule has 6 rings (SSSR count). The smallest absolute Gasteiger partial charge is 0.362 e. The summed E-state index contributed by atoms with van der Waals surface area (Å²) in [6.07, 6.45) is 3.46. The Hall–Kier alpha value is -3.41. The summed E-state index contributed by atoms with van der Waals surface area (Å²) in [5.74, 6) is -0.339. The van der Waals surface area contributed by atoms with E-state index in [0.29, 0.717) is 45.9 Å². The number of urea groups is 1. The predicted molar refractivity (Wildman–Crippen MR) is 182 cm³/mol. The molecule has 2 aliphatic heterocycles. The van der Waals surface area contributed by atoms with E-state index in [2.05, 4.69) is 6.07 Å². The van der Waals surface area contributed by atoms with Gasteiger partial charge in [-0.25, -0.2) is 9.18 Å². The lowest BCUT2D eigenvalue weighted by atomic mass is 9.99. The molecule has 1 N–H and O–H groups in total. The Labute approximate surface area is 299 Å². The maximum Gasteiger partial charge on any atom is 0.362 e. The van der Waals surface area contributed by atoms with Crippen molar-refractivity contribution in [2.45, 2.75) is 66.4 Å². The number of benzene rings is 2. The molecule has 260 valence electrons. The molecule has 16 heteroatoms. The number of alkyl halides is 3. The van der Waals surface area contributed by atoms with Crippen LogP contribution in [-0.4, -0.2) is 60.4 Å². The molecule has 0 radical (unpaired) electrons. The topological polar surface area (TPSA) is 110 Å². The van der Waals surface area contributed by atoms with Gasteiger partial charge in [0.15, 0.2) is 17.9 Å². The standard InChI is InChI=1S/C19H23FN4O2.C14H8Cl3F2NO2S/c1-22-11-12-10-15(18(26-2)17(20)16(12)14(22)6-7-21)24-9-3-8-23(19(24)25)13-4-5-13;1-6-2-3-8(15)12(11(6)16)23-9-4-10(14(17,18)19)20-13(22)7(9)5-21/h10,13-14H,3-6,8-9,11H2,1-2H3;2-5H,1H3,(H,20,22). The monoisotopic (exact) mass is 755 g/mol. The molecule has 49 heavy (non-hydrogen) atoms. The number of rotatable bonds is 8. The van der Waals surface area contributed by atoms with Crippen LogP contribution in [0, 0.1) is 24.1 Å². The molecule has 2 aromatic carbocycles. The molecule has 3 aliphatic rings. The van der Waals surface area contributed by atoms with E-state index in [1.165, 1.54) is 7.11 Å². The summed E-state index contributed by atoms with van der Waals surface area (Å²) in [7, 11) is 3.31. The largest absolute Gasteiger partial charge is 0.492 e. The number of nitrogens with zero attached hydrogens (tertiary/aromatic N) is 4. The maximum atomic E-state index is 15.3. The highest BCUT2D eigenvalue weighted by Gasteiger charge is 2.40. The summed E-state index contributed by atoms with van der Waals surface area (Å²) in [4.78, 5) is 43.6. The van der Waals surface area contributed by atoms with E-state index >= 15 is 4.39 Å². The number of hydrogen-bond acceptors (Lipinski definition) is 7. The maximum absolute atomic E-state index is 15.3. The van der Waals surface area contributed by atoms with E-state index in [-0.39, 0.29) is 46.0 Å². The van der Waals surface area contributed by atoms with E-state index in [4.69, 9.17) is 44.8 Å². The minimum Gasteiger partial charge on any atom is -0.492 e. The quantitative estimate of drug-likeness (QED) is 0.182. The van der Waals surface area contributed by atoms with Crippen molar-refractivity contribution in [3.63, 3.8) is 0 Å². The van der Waals surface area contributed by atoms with Gasteiger partial charge in [-0.1, -0.05) is 41.0 Å². The summed E-state index contributed by atoms with van der Waals surface area (Å²) >= 11 is 18.0. The van der Waals surface area contributed by atoms with Crippen LogP contribution in [0.5, 0.6) is 5.75 Å². The number of hydrogen-bond donors (Lipinski definition) is 1.